The van der Waals surface area contributed by atoms with Gasteiger partial charge in [0, 0.05) is 11.8 Å². The minimum absolute atomic E-state index is 0.152. The van der Waals surface area contributed by atoms with Gasteiger partial charge in [0.25, 0.3) is 5.91 Å². The summed E-state index contributed by atoms with van der Waals surface area (Å²) in [6.07, 6.45) is 2.99. The van der Waals surface area contributed by atoms with Gasteiger partial charge in [-0.05, 0) is 54.2 Å². The Morgan fingerprint density at radius 1 is 1.03 bits per heavy atom. The van der Waals surface area contributed by atoms with Gasteiger partial charge in [0.2, 0.25) is 0 Å². The Hall–Kier alpha value is -2.67. The summed E-state index contributed by atoms with van der Waals surface area (Å²) >= 11 is 13.4. The first-order valence-corrected chi connectivity index (χ1v) is 10.0. The zero-order valence-electron chi connectivity index (χ0n) is 14.7. The molecule has 0 saturated carbocycles. The van der Waals surface area contributed by atoms with Crippen LogP contribution in [0, 0.1) is 5.82 Å². The molecule has 0 bridgehead atoms. The second-order valence-corrected chi connectivity index (χ2v) is 7.70. The summed E-state index contributed by atoms with van der Waals surface area (Å²) in [5.74, 6) is -0.843. The first-order chi connectivity index (χ1) is 14.0. The molecular formula is C21H12Cl2FN3OS. The maximum atomic E-state index is 14.2. The number of pyridine rings is 1. The first kappa shape index (κ1) is 19.6. The number of aromatic nitrogens is 1. The number of halogens is 3. The highest BCUT2D eigenvalue weighted by molar-refractivity contribution is 8.19. The van der Waals surface area contributed by atoms with E-state index in [0.717, 1.165) is 11.8 Å². The number of hydrogen-bond donors (Lipinski definition) is 0. The predicted molar refractivity (Wildman–Crippen MR) is 117 cm³/mol. The predicted octanol–water partition coefficient (Wildman–Crippen LogP) is 6.34. The molecule has 0 radical (unpaired) electrons. The molecule has 1 aromatic heterocycles. The Balaban J connectivity index is 1.83. The van der Waals surface area contributed by atoms with Crippen molar-refractivity contribution in [3.05, 3.63) is 93.3 Å². The Labute approximate surface area is 180 Å². The molecular weight excluding hydrogens is 432 g/mol. The van der Waals surface area contributed by atoms with E-state index < -0.39 is 5.82 Å². The molecule has 1 amide bonds. The fourth-order valence-electron chi connectivity index (χ4n) is 2.70. The Morgan fingerprint density at radius 3 is 2.55 bits per heavy atom. The van der Waals surface area contributed by atoms with Crippen LogP contribution in [0.5, 0.6) is 0 Å². The number of para-hydroxylation sites is 1. The van der Waals surface area contributed by atoms with Crippen LogP contribution in [0.4, 0.5) is 15.8 Å². The fraction of sp³-hybridized carbons (Fsp3) is 0. The van der Waals surface area contributed by atoms with E-state index in [2.05, 4.69) is 9.98 Å². The highest BCUT2D eigenvalue weighted by Crippen LogP contribution is 2.38. The van der Waals surface area contributed by atoms with Crippen molar-refractivity contribution in [2.75, 3.05) is 4.90 Å². The summed E-state index contributed by atoms with van der Waals surface area (Å²) in [6.45, 7) is 0. The molecule has 144 valence electrons. The van der Waals surface area contributed by atoms with E-state index in [1.807, 2.05) is 18.2 Å². The molecule has 0 N–H and O–H groups in total. The van der Waals surface area contributed by atoms with Crippen molar-refractivity contribution < 1.29 is 9.18 Å². The molecule has 2 aromatic carbocycles. The van der Waals surface area contributed by atoms with Crippen molar-refractivity contribution >= 4 is 63.5 Å². The van der Waals surface area contributed by atoms with Crippen molar-refractivity contribution in [1.29, 1.82) is 0 Å². The summed E-state index contributed by atoms with van der Waals surface area (Å²) < 4.78 is 14.2. The second kappa shape index (κ2) is 8.37. The summed E-state index contributed by atoms with van der Waals surface area (Å²) in [4.78, 5) is 23.4. The number of nitrogens with zero attached hydrogens (tertiary/aromatic N) is 3. The average molecular weight is 444 g/mol. The van der Waals surface area contributed by atoms with E-state index >= 15 is 0 Å². The van der Waals surface area contributed by atoms with Gasteiger partial charge < -0.3 is 0 Å². The Kier molecular flexibility index (Phi) is 5.67. The minimum Gasteiger partial charge on any atom is -0.268 e. The molecule has 0 aliphatic carbocycles. The van der Waals surface area contributed by atoms with Gasteiger partial charge >= 0.3 is 0 Å². The number of aliphatic imine (C=N–C) groups is 1. The monoisotopic (exact) mass is 443 g/mol. The molecule has 4 rings (SSSR count). The summed E-state index contributed by atoms with van der Waals surface area (Å²) in [5.41, 5.74) is 1.21. The molecule has 8 heteroatoms. The maximum absolute atomic E-state index is 14.2. The van der Waals surface area contributed by atoms with Gasteiger partial charge in [-0.25, -0.2) is 14.4 Å². The van der Waals surface area contributed by atoms with Crippen LogP contribution in [0.3, 0.4) is 0 Å². The largest absolute Gasteiger partial charge is 0.271 e. The van der Waals surface area contributed by atoms with E-state index in [0.29, 0.717) is 21.4 Å². The SMILES string of the molecule is O=C1/C(=C/c2c(F)cccc2Cl)SC(=Nc2cccnc2Cl)N1c1ccccc1. The van der Waals surface area contributed by atoms with E-state index in [1.54, 1.807) is 36.5 Å². The van der Waals surface area contributed by atoms with Gasteiger partial charge in [-0.3, -0.25) is 9.69 Å². The number of hydrogen-bond acceptors (Lipinski definition) is 4. The number of amidine groups is 1. The molecule has 1 aliphatic rings. The van der Waals surface area contributed by atoms with Gasteiger partial charge in [0.1, 0.15) is 11.5 Å². The van der Waals surface area contributed by atoms with Crippen LogP contribution < -0.4 is 4.90 Å². The molecule has 0 atom stereocenters. The number of amides is 1. The van der Waals surface area contributed by atoms with Gasteiger partial charge in [-0.15, -0.1) is 0 Å². The van der Waals surface area contributed by atoms with Crippen LogP contribution in [-0.2, 0) is 4.79 Å². The summed E-state index contributed by atoms with van der Waals surface area (Å²) in [5, 5.41) is 0.823. The molecule has 2 heterocycles. The van der Waals surface area contributed by atoms with Crippen molar-refractivity contribution in [3.63, 3.8) is 0 Å². The zero-order chi connectivity index (χ0) is 20.4. The number of benzene rings is 2. The molecule has 0 unspecified atom stereocenters. The third-order valence-electron chi connectivity index (χ3n) is 4.05. The van der Waals surface area contributed by atoms with E-state index in [1.165, 1.54) is 23.1 Å². The lowest BCUT2D eigenvalue weighted by Crippen LogP contribution is -2.28. The number of rotatable bonds is 3. The van der Waals surface area contributed by atoms with Gasteiger partial charge in [0.15, 0.2) is 10.3 Å². The van der Waals surface area contributed by atoms with Gasteiger partial charge in [0.05, 0.1) is 15.6 Å². The lowest BCUT2D eigenvalue weighted by atomic mass is 10.2. The molecule has 1 saturated heterocycles. The molecule has 1 aliphatic heterocycles. The number of carbonyl (C=O) groups is 1. The van der Waals surface area contributed by atoms with Crippen LogP contribution >= 0.6 is 35.0 Å². The lowest BCUT2D eigenvalue weighted by Gasteiger charge is -2.15. The third kappa shape index (κ3) is 4.05. The van der Waals surface area contributed by atoms with Crippen molar-refractivity contribution in [1.82, 2.24) is 4.98 Å². The number of anilines is 1. The molecule has 0 spiro atoms. The molecule has 1 fully saturated rings. The fourth-order valence-corrected chi connectivity index (χ4v) is 4.05. The Morgan fingerprint density at radius 2 is 1.83 bits per heavy atom. The zero-order valence-corrected chi connectivity index (χ0v) is 17.0. The second-order valence-electron chi connectivity index (χ2n) is 5.93. The normalized spacial score (nSPS) is 16.8. The van der Waals surface area contributed by atoms with Crippen LogP contribution in [-0.4, -0.2) is 16.1 Å². The topological polar surface area (TPSA) is 45.6 Å². The molecule has 4 nitrogen and oxygen atoms in total. The van der Waals surface area contributed by atoms with Gasteiger partial charge in [-0.2, -0.15) is 0 Å². The molecule has 29 heavy (non-hydrogen) atoms. The maximum Gasteiger partial charge on any atom is 0.271 e. The summed E-state index contributed by atoms with van der Waals surface area (Å²) in [7, 11) is 0. The Bertz CT molecular complexity index is 1130. The van der Waals surface area contributed by atoms with Gasteiger partial charge in [-0.1, -0.05) is 47.5 Å². The lowest BCUT2D eigenvalue weighted by molar-refractivity contribution is -0.113. The first-order valence-electron chi connectivity index (χ1n) is 8.47. The van der Waals surface area contributed by atoms with Crippen LogP contribution in [0.25, 0.3) is 6.08 Å². The molecule has 3 aromatic rings. The van der Waals surface area contributed by atoms with Crippen molar-refractivity contribution in [2.45, 2.75) is 0 Å². The quantitative estimate of drug-likeness (QED) is 0.350. The average Bonchev–Trinajstić information content (AvgIpc) is 3.02. The van der Waals surface area contributed by atoms with Crippen LogP contribution in [0.15, 0.2) is 76.8 Å². The highest BCUT2D eigenvalue weighted by atomic mass is 35.5. The smallest absolute Gasteiger partial charge is 0.268 e. The highest BCUT2D eigenvalue weighted by Gasteiger charge is 2.35. The van der Waals surface area contributed by atoms with Crippen LogP contribution in [0.2, 0.25) is 10.2 Å². The van der Waals surface area contributed by atoms with Crippen molar-refractivity contribution in [3.8, 4) is 0 Å². The van der Waals surface area contributed by atoms with E-state index in [4.69, 9.17) is 23.2 Å². The number of thioether (sulfide) groups is 1. The van der Waals surface area contributed by atoms with Crippen molar-refractivity contribution in [2.24, 2.45) is 4.99 Å². The third-order valence-corrected chi connectivity index (χ3v) is 5.64. The minimum atomic E-state index is -0.509. The van der Waals surface area contributed by atoms with Crippen LogP contribution in [0.1, 0.15) is 5.56 Å². The standard InChI is InChI=1S/C21H12Cl2FN3OS/c22-15-8-4-9-16(24)14(15)12-18-20(28)27(13-6-2-1-3-7-13)21(29-18)26-17-10-5-11-25-19(17)23/h1-12H/b18-12-,26-21?. The van der Waals surface area contributed by atoms with E-state index in [9.17, 15) is 9.18 Å². The summed E-state index contributed by atoms with van der Waals surface area (Å²) in [6, 6.07) is 16.8. The number of carbonyl (C=O) groups excluding carboxylic acids is 1. The van der Waals surface area contributed by atoms with E-state index in [-0.39, 0.29) is 21.6 Å².